The summed E-state index contributed by atoms with van der Waals surface area (Å²) < 4.78 is 0. The van der Waals surface area contributed by atoms with E-state index < -0.39 is 0 Å². The molecule has 2 fully saturated rings. The number of aromatic nitrogens is 1. The number of pyridine rings is 1. The van der Waals surface area contributed by atoms with E-state index in [1.807, 2.05) is 17.9 Å². The number of urea groups is 1. The number of piperidine rings is 1. The number of likely N-dealkylation sites (tertiary alicyclic amines) is 1. The highest BCUT2D eigenvalue weighted by Crippen LogP contribution is 2.32. The van der Waals surface area contributed by atoms with E-state index in [-0.39, 0.29) is 18.1 Å². The van der Waals surface area contributed by atoms with Crippen molar-refractivity contribution in [3.8, 4) is 0 Å². The maximum Gasteiger partial charge on any atom is 0.317 e. The molecule has 0 aliphatic carbocycles. The molecule has 2 saturated heterocycles. The van der Waals surface area contributed by atoms with Crippen LogP contribution in [0.15, 0.2) is 12.1 Å². The second kappa shape index (κ2) is 8.25. The van der Waals surface area contributed by atoms with E-state index in [4.69, 9.17) is 0 Å². The van der Waals surface area contributed by atoms with Crippen molar-refractivity contribution < 1.29 is 9.90 Å². The highest BCUT2D eigenvalue weighted by atomic mass is 16.3. The minimum atomic E-state index is -0.133. The van der Waals surface area contributed by atoms with Crippen molar-refractivity contribution in [3.63, 3.8) is 0 Å². The molecule has 1 unspecified atom stereocenters. The van der Waals surface area contributed by atoms with Crippen LogP contribution < -0.4 is 10.2 Å². The molecule has 0 spiro atoms. The van der Waals surface area contributed by atoms with Gasteiger partial charge in [0.25, 0.3) is 0 Å². The van der Waals surface area contributed by atoms with Gasteiger partial charge in [0.1, 0.15) is 5.82 Å². The average molecular weight is 361 g/mol. The smallest absolute Gasteiger partial charge is 0.317 e. The molecular formula is C20H32N4O2. The molecule has 0 radical (unpaired) electrons. The van der Waals surface area contributed by atoms with Gasteiger partial charge in [-0.15, -0.1) is 0 Å². The van der Waals surface area contributed by atoms with Gasteiger partial charge in [-0.25, -0.2) is 9.78 Å². The first-order valence-electron chi connectivity index (χ1n) is 9.91. The van der Waals surface area contributed by atoms with Gasteiger partial charge < -0.3 is 20.2 Å². The van der Waals surface area contributed by atoms with E-state index in [9.17, 15) is 9.90 Å². The van der Waals surface area contributed by atoms with Crippen molar-refractivity contribution >= 4 is 11.8 Å². The van der Waals surface area contributed by atoms with Crippen LogP contribution in [-0.4, -0.2) is 53.8 Å². The lowest BCUT2D eigenvalue weighted by molar-refractivity contribution is 0.0439. The number of carbonyl (C=O) groups excluding carboxylic acids is 1. The second-order valence-corrected chi connectivity index (χ2v) is 7.86. The molecule has 0 aromatic carbocycles. The van der Waals surface area contributed by atoms with Crippen LogP contribution in [0.1, 0.15) is 50.3 Å². The summed E-state index contributed by atoms with van der Waals surface area (Å²) >= 11 is 0. The fourth-order valence-electron chi connectivity index (χ4n) is 4.13. The molecule has 1 atom stereocenters. The summed E-state index contributed by atoms with van der Waals surface area (Å²) in [5.74, 6) is 1.02. The van der Waals surface area contributed by atoms with E-state index in [0.29, 0.717) is 13.1 Å². The van der Waals surface area contributed by atoms with Crippen LogP contribution in [0.4, 0.5) is 10.6 Å². The number of amides is 2. The Morgan fingerprint density at radius 1 is 1.27 bits per heavy atom. The lowest BCUT2D eigenvalue weighted by Gasteiger charge is -2.41. The molecule has 3 heterocycles. The van der Waals surface area contributed by atoms with Crippen molar-refractivity contribution in [2.75, 3.05) is 37.7 Å². The van der Waals surface area contributed by atoms with E-state index in [0.717, 1.165) is 56.0 Å². The van der Waals surface area contributed by atoms with Crippen LogP contribution in [0.2, 0.25) is 0 Å². The predicted octanol–water partition coefficient (Wildman–Crippen LogP) is 2.68. The predicted molar refractivity (Wildman–Crippen MR) is 103 cm³/mol. The number of nitrogens with zero attached hydrogens (tertiary/aromatic N) is 3. The molecule has 2 aliphatic rings. The number of carbonyl (C=O) groups is 1. The molecule has 3 rings (SSSR count). The van der Waals surface area contributed by atoms with Gasteiger partial charge in [0, 0.05) is 43.8 Å². The zero-order chi connectivity index (χ0) is 18.6. The van der Waals surface area contributed by atoms with Gasteiger partial charge in [0.05, 0.1) is 6.61 Å². The van der Waals surface area contributed by atoms with Gasteiger partial charge in [0.15, 0.2) is 0 Å². The van der Waals surface area contributed by atoms with Gasteiger partial charge in [-0.05, 0) is 56.7 Å². The number of hydrogen-bond donors (Lipinski definition) is 2. The highest BCUT2D eigenvalue weighted by molar-refractivity contribution is 5.74. The van der Waals surface area contributed by atoms with Crippen LogP contribution in [0.25, 0.3) is 0 Å². The molecule has 1 aromatic rings. The van der Waals surface area contributed by atoms with E-state index in [1.54, 1.807) is 0 Å². The van der Waals surface area contributed by atoms with Gasteiger partial charge in [-0.2, -0.15) is 0 Å². The number of hydrogen-bond acceptors (Lipinski definition) is 4. The quantitative estimate of drug-likeness (QED) is 0.847. The third kappa shape index (κ3) is 4.29. The Hall–Kier alpha value is -1.82. The molecule has 6 heteroatoms. The van der Waals surface area contributed by atoms with Crippen molar-refractivity contribution in [1.29, 1.82) is 0 Å². The van der Waals surface area contributed by atoms with Crippen LogP contribution in [-0.2, 0) is 6.54 Å². The molecule has 26 heavy (non-hydrogen) atoms. The number of anilines is 1. The molecule has 144 valence electrons. The van der Waals surface area contributed by atoms with Crippen LogP contribution in [0.3, 0.4) is 0 Å². The summed E-state index contributed by atoms with van der Waals surface area (Å²) in [5.41, 5.74) is 1.95. The van der Waals surface area contributed by atoms with Crippen molar-refractivity contribution in [2.24, 2.45) is 5.41 Å². The highest BCUT2D eigenvalue weighted by Gasteiger charge is 2.35. The monoisotopic (exact) mass is 360 g/mol. The Morgan fingerprint density at radius 2 is 2.04 bits per heavy atom. The average Bonchev–Trinajstić information content (AvgIpc) is 3.20. The standard InChI is InChI=1S/C20H32N4O2/c1-3-20(15-25)7-6-10-24(14-20)19(26)21-13-17-11-16(2)22-18(12-17)23-8-4-5-9-23/h11-12,25H,3-10,13-15H2,1-2H3,(H,21,26). The van der Waals surface area contributed by atoms with Gasteiger partial charge in [0.2, 0.25) is 0 Å². The molecule has 0 saturated carbocycles. The number of nitrogens with one attached hydrogen (secondary N) is 1. The zero-order valence-electron chi connectivity index (χ0n) is 16.1. The Labute approximate surface area is 156 Å². The van der Waals surface area contributed by atoms with Gasteiger partial charge in [-0.3, -0.25) is 0 Å². The number of aryl methyl sites for hydroxylation is 1. The molecular weight excluding hydrogens is 328 g/mol. The Bertz CT molecular complexity index is 624. The van der Waals surface area contributed by atoms with Crippen LogP contribution in [0.5, 0.6) is 0 Å². The zero-order valence-corrected chi connectivity index (χ0v) is 16.1. The topological polar surface area (TPSA) is 68.7 Å². The fraction of sp³-hybridized carbons (Fsp3) is 0.700. The van der Waals surface area contributed by atoms with E-state index in [2.05, 4.69) is 28.2 Å². The molecule has 2 amide bonds. The second-order valence-electron chi connectivity index (χ2n) is 7.86. The number of rotatable bonds is 5. The van der Waals surface area contributed by atoms with Gasteiger partial charge in [-0.1, -0.05) is 6.92 Å². The third-order valence-electron chi connectivity index (χ3n) is 5.91. The number of aliphatic hydroxyl groups is 1. The largest absolute Gasteiger partial charge is 0.396 e. The van der Waals surface area contributed by atoms with Crippen LogP contribution >= 0.6 is 0 Å². The summed E-state index contributed by atoms with van der Waals surface area (Å²) in [6.07, 6.45) is 5.29. The maximum atomic E-state index is 12.6. The first-order valence-corrected chi connectivity index (χ1v) is 9.91. The fourth-order valence-corrected chi connectivity index (χ4v) is 4.13. The third-order valence-corrected chi connectivity index (χ3v) is 5.91. The summed E-state index contributed by atoms with van der Waals surface area (Å²) in [5, 5.41) is 12.8. The minimum absolute atomic E-state index is 0.0341. The Balaban J connectivity index is 1.60. The lowest BCUT2D eigenvalue weighted by Crippen LogP contribution is -2.50. The van der Waals surface area contributed by atoms with E-state index in [1.165, 1.54) is 12.8 Å². The SMILES string of the molecule is CCC1(CO)CCCN(C(=O)NCc2cc(C)nc(N3CCCC3)c2)C1. The first-order chi connectivity index (χ1) is 12.5. The molecule has 1 aromatic heterocycles. The van der Waals surface area contributed by atoms with Crippen molar-refractivity contribution in [2.45, 2.75) is 52.5 Å². The minimum Gasteiger partial charge on any atom is -0.396 e. The maximum absolute atomic E-state index is 12.6. The van der Waals surface area contributed by atoms with Gasteiger partial charge >= 0.3 is 6.03 Å². The normalized spacial score (nSPS) is 23.3. The summed E-state index contributed by atoms with van der Waals surface area (Å²) in [4.78, 5) is 21.5. The number of aliphatic hydroxyl groups excluding tert-OH is 1. The lowest BCUT2D eigenvalue weighted by atomic mass is 9.78. The molecule has 2 N–H and O–H groups in total. The summed E-state index contributed by atoms with van der Waals surface area (Å²) in [7, 11) is 0. The van der Waals surface area contributed by atoms with E-state index >= 15 is 0 Å². The summed E-state index contributed by atoms with van der Waals surface area (Å²) in [6, 6.07) is 4.10. The molecule has 2 aliphatic heterocycles. The Kier molecular flexibility index (Phi) is 6.01. The van der Waals surface area contributed by atoms with Crippen LogP contribution in [0, 0.1) is 12.3 Å². The molecule has 6 nitrogen and oxygen atoms in total. The Morgan fingerprint density at radius 3 is 2.73 bits per heavy atom. The van der Waals surface area contributed by atoms with Crippen molar-refractivity contribution in [1.82, 2.24) is 15.2 Å². The summed E-state index contributed by atoms with van der Waals surface area (Å²) in [6.45, 7) is 8.30. The van der Waals surface area contributed by atoms with Crippen molar-refractivity contribution in [3.05, 3.63) is 23.4 Å². The first kappa shape index (κ1) is 19.0. The molecule has 0 bridgehead atoms.